The van der Waals surface area contributed by atoms with Crippen LogP contribution in [-0.2, 0) is 0 Å². The molecule has 0 atom stereocenters. The summed E-state index contributed by atoms with van der Waals surface area (Å²) >= 11 is 0. The van der Waals surface area contributed by atoms with Crippen molar-refractivity contribution in [3.8, 4) is 0 Å². The monoisotopic (exact) mass is 218 g/mol. The first-order chi connectivity index (χ1) is 7.84. The van der Waals surface area contributed by atoms with E-state index in [-0.39, 0.29) is 0 Å². The quantitative estimate of drug-likeness (QED) is 0.761. The molecule has 16 heavy (non-hydrogen) atoms. The van der Waals surface area contributed by atoms with Crippen molar-refractivity contribution < 1.29 is 0 Å². The molecule has 2 rings (SSSR count). The SMILES string of the molecule is Cc1ccc(NCCCC2CCCC2)nc1. The fourth-order valence-corrected chi connectivity index (χ4v) is 2.48. The Morgan fingerprint density at radius 2 is 2.12 bits per heavy atom. The predicted octanol–water partition coefficient (Wildman–Crippen LogP) is 3.77. The van der Waals surface area contributed by atoms with Crippen LogP contribution in [0.1, 0.15) is 44.1 Å². The zero-order valence-corrected chi connectivity index (χ0v) is 10.2. The highest BCUT2D eigenvalue weighted by Gasteiger charge is 2.13. The highest BCUT2D eigenvalue weighted by atomic mass is 15.0. The molecule has 0 aromatic carbocycles. The topological polar surface area (TPSA) is 24.9 Å². The Balaban J connectivity index is 1.62. The first-order valence-electron chi connectivity index (χ1n) is 6.51. The summed E-state index contributed by atoms with van der Waals surface area (Å²) in [5, 5.41) is 3.38. The van der Waals surface area contributed by atoms with Crippen molar-refractivity contribution in [2.45, 2.75) is 45.4 Å². The molecule has 0 bridgehead atoms. The van der Waals surface area contributed by atoms with E-state index in [1.54, 1.807) is 0 Å². The number of pyridine rings is 1. The van der Waals surface area contributed by atoms with Gasteiger partial charge >= 0.3 is 0 Å². The highest BCUT2D eigenvalue weighted by molar-refractivity contribution is 5.34. The van der Waals surface area contributed by atoms with Gasteiger partial charge in [-0.2, -0.15) is 0 Å². The molecule has 0 saturated heterocycles. The second-order valence-electron chi connectivity index (χ2n) is 4.94. The van der Waals surface area contributed by atoms with Crippen LogP contribution in [-0.4, -0.2) is 11.5 Å². The Kier molecular flexibility index (Phi) is 4.20. The third-order valence-electron chi connectivity index (χ3n) is 3.48. The summed E-state index contributed by atoms with van der Waals surface area (Å²) in [5.74, 6) is 2.02. The van der Waals surface area contributed by atoms with E-state index in [1.165, 1.54) is 44.1 Å². The molecule has 1 heterocycles. The van der Waals surface area contributed by atoms with Crippen LogP contribution in [0.5, 0.6) is 0 Å². The fourth-order valence-electron chi connectivity index (χ4n) is 2.48. The third kappa shape index (κ3) is 3.51. The van der Waals surface area contributed by atoms with Crippen molar-refractivity contribution in [1.82, 2.24) is 4.98 Å². The van der Waals surface area contributed by atoms with Gasteiger partial charge in [0.2, 0.25) is 0 Å². The molecule has 1 aliphatic carbocycles. The summed E-state index contributed by atoms with van der Waals surface area (Å²) in [5.41, 5.74) is 1.22. The van der Waals surface area contributed by atoms with Crippen molar-refractivity contribution >= 4 is 5.82 Å². The van der Waals surface area contributed by atoms with E-state index in [0.717, 1.165) is 18.3 Å². The number of nitrogens with zero attached hydrogens (tertiary/aromatic N) is 1. The van der Waals surface area contributed by atoms with Crippen molar-refractivity contribution in [3.05, 3.63) is 23.9 Å². The number of aryl methyl sites for hydroxylation is 1. The molecule has 88 valence electrons. The van der Waals surface area contributed by atoms with Crippen LogP contribution in [0.4, 0.5) is 5.82 Å². The van der Waals surface area contributed by atoms with E-state index in [4.69, 9.17) is 0 Å². The van der Waals surface area contributed by atoms with Gasteiger partial charge in [-0.1, -0.05) is 31.7 Å². The van der Waals surface area contributed by atoms with Crippen molar-refractivity contribution in [2.75, 3.05) is 11.9 Å². The van der Waals surface area contributed by atoms with Gasteiger partial charge in [0.15, 0.2) is 0 Å². The van der Waals surface area contributed by atoms with E-state index in [2.05, 4.69) is 29.4 Å². The molecule has 0 radical (unpaired) electrons. The smallest absolute Gasteiger partial charge is 0.125 e. The van der Waals surface area contributed by atoms with Gasteiger partial charge in [0.05, 0.1) is 0 Å². The number of hydrogen-bond donors (Lipinski definition) is 1. The molecule has 1 N–H and O–H groups in total. The molecule has 1 fully saturated rings. The number of anilines is 1. The van der Waals surface area contributed by atoms with Gasteiger partial charge < -0.3 is 5.32 Å². The average Bonchev–Trinajstić information content (AvgIpc) is 2.80. The standard InChI is InChI=1S/C14H22N2/c1-12-8-9-14(16-11-12)15-10-4-7-13-5-2-3-6-13/h8-9,11,13H,2-7,10H2,1H3,(H,15,16). The van der Waals surface area contributed by atoms with Crippen LogP contribution in [0.2, 0.25) is 0 Å². The van der Waals surface area contributed by atoms with Gasteiger partial charge in [0, 0.05) is 12.7 Å². The van der Waals surface area contributed by atoms with Gasteiger partial charge in [0.25, 0.3) is 0 Å². The van der Waals surface area contributed by atoms with Crippen LogP contribution in [0, 0.1) is 12.8 Å². The lowest BCUT2D eigenvalue weighted by Crippen LogP contribution is -2.05. The second kappa shape index (κ2) is 5.88. The van der Waals surface area contributed by atoms with Gasteiger partial charge in [0.1, 0.15) is 5.82 Å². The zero-order valence-electron chi connectivity index (χ0n) is 10.2. The van der Waals surface area contributed by atoms with Gasteiger partial charge in [-0.3, -0.25) is 0 Å². The van der Waals surface area contributed by atoms with Crippen LogP contribution >= 0.6 is 0 Å². The molecule has 0 amide bonds. The minimum atomic E-state index is 1.01. The van der Waals surface area contributed by atoms with Crippen LogP contribution in [0.15, 0.2) is 18.3 Å². The molecule has 1 aromatic rings. The lowest BCUT2D eigenvalue weighted by atomic mass is 10.0. The maximum atomic E-state index is 4.34. The van der Waals surface area contributed by atoms with Crippen LogP contribution in [0.3, 0.4) is 0 Å². The Hall–Kier alpha value is -1.05. The van der Waals surface area contributed by atoms with E-state index < -0.39 is 0 Å². The second-order valence-corrected chi connectivity index (χ2v) is 4.94. The number of aromatic nitrogens is 1. The fraction of sp³-hybridized carbons (Fsp3) is 0.643. The van der Waals surface area contributed by atoms with Crippen LogP contribution < -0.4 is 5.32 Å². The zero-order chi connectivity index (χ0) is 11.2. The minimum absolute atomic E-state index is 1.01. The number of hydrogen-bond acceptors (Lipinski definition) is 2. The van der Waals surface area contributed by atoms with Gasteiger partial charge in [-0.05, 0) is 37.3 Å². The van der Waals surface area contributed by atoms with Crippen molar-refractivity contribution in [1.29, 1.82) is 0 Å². The summed E-state index contributed by atoms with van der Waals surface area (Å²) in [7, 11) is 0. The highest BCUT2D eigenvalue weighted by Crippen LogP contribution is 2.28. The average molecular weight is 218 g/mol. The van der Waals surface area contributed by atoms with E-state index in [0.29, 0.717) is 0 Å². The van der Waals surface area contributed by atoms with E-state index in [9.17, 15) is 0 Å². The molecule has 1 saturated carbocycles. The van der Waals surface area contributed by atoms with Gasteiger partial charge in [-0.15, -0.1) is 0 Å². The first-order valence-corrected chi connectivity index (χ1v) is 6.51. The number of rotatable bonds is 5. The largest absolute Gasteiger partial charge is 0.370 e. The first kappa shape index (κ1) is 11.4. The number of nitrogens with one attached hydrogen (secondary N) is 1. The molecule has 1 aromatic heterocycles. The molecule has 2 heteroatoms. The Bertz CT molecular complexity index is 299. The molecular formula is C14H22N2. The Morgan fingerprint density at radius 3 is 2.81 bits per heavy atom. The van der Waals surface area contributed by atoms with Gasteiger partial charge in [-0.25, -0.2) is 4.98 Å². The normalized spacial score (nSPS) is 16.6. The molecule has 2 nitrogen and oxygen atoms in total. The van der Waals surface area contributed by atoms with Crippen LogP contribution in [0.25, 0.3) is 0 Å². The molecule has 0 spiro atoms. The van der Waals surface area contributed by atoms with E-state index >= 15 is 0 Å². The predicted molar refractivity (Wildman–Crippen MR) is 68.7 cm³/mol. The molecule has 0 unspecified atom stereocenters. The lowest BCUT2D eigenvalue weighted by molar-refractivity contribution is 0.491. The minimum Gasteiger partial charge on any atom is -0.370 e. The summed E-state index contributed by atoms with van der Waals surface area (Å²) in [6.45, 7) is 3.13. The molecule has 1 aliphatic rings. The summed E-state index contributed by atoms with van der Waals surface area (Å²) in [6.07, 6.45) is 10.4. The Morgan fingerprint density at radius 1 is 1.31 bits per heavy atom. The maximum absolute atomic E-state index is 4.34. The summed E-state index contributed by atoms with van der Waals surface area (Å²) < 4.78 is 0. The lowest BCUT2D eigenvalue weighted by Gasteiger charge is -2.09. The van der Waals surface area contributed by atoms with E-state index in [1.807, 2.05) is 6.20 Å². The maximum Gasteiger partial charge on any atom is 0.125 e. The van der Waals surface area contributed by atoms with Crippen molar-refractivity contribution in [2.24, 2.45) is 5.92 Å². The molecule has 0 aliphatic heterocycles. The Labute approximate surface area is 98.5 Å². The summed E-state index contributed by atoms with van der Waals surface area (Å²) in [4.78, 5) is 4.34. The molecular weight excluding hydrogens is 196 g/mol. The third-order valence-corrected chi connectivity index (χ3v) is 3.48. The van der Waals surface area contributed by atoms with Crippen molar-refractivity contribution in [3.63, 3.8) is 0 Å². The summed E-state index contributed by atoms with van der Waals surface area (Å²) in [6, 6.07) is 4.16.